The summed E-state index contributed by atoms with van der Waals surface area (Å²) in [4.78, 5) is 27.9. The predicted molar refractivity (Wildman–Crippen MR) is 119 cm³/mol. The molecule has 5 rings (SSSR count). The number of nitrogens with zero attached hydrogens (tertiary/aromatic N) is 5. The Morgan fingerprint density at radius 2 is 1.84 bits per heavy atom. The molecule has 8 nitrogen and oxygen atoms in total. The van der Waals surface area contributed by atoms with E-state index in [4.69, 9.17) is 16.0 Å². The standard InChI is InChI=1S/C23H20ClN5O3/c1-2-29-22(30)18-6-4-3-5-17(18)20(27-29)23(31)28(16-11-12-16)13-19-25-26-21(32-19)14-7-9-15(24)10-8-14/h3-10,16H,2,11-13H2,1H3. The number of hydrogen-bond donors (Lipinski definition) is 0. The Labute approximate surface area is 188 Å². The summed E-state index contributed by atoms with van der Waals surface area (Å²) in [6.45, 7) is 2.37. The van der Waals surface area contributed by atoms with Crippen LogP contribution in [0.25, 0.3) is 22.2 Å². The van der Waals surface area contributed by atoms with Crippen LogP contribution in [0.4, 0.5) is 0 Å². The predicted octanol–water partition coefficient (Wildman–Crippen LogP) is 3.92. The third-order valence-electron chi connectivity index (χ3n) is 5.48. The van der Waals surface area contributed by atoms with Gasteiger partial charge in [-0.2, -0.15) is 5.10 Å². The molecular formula is C23H20ClN5O3. The molecule has 1 amide bonds. The molecule has 1 fully saturated rings. The van der Waals surface area contributed by atoms with Gasteiger partial charge < -0.3 is 9.32 Å². The topological polar surface area (TPSA) is 94.1 Å². The SMILES string of the molecule is CCn1nc(C(=O)N(Cc2nnc(-c3ccc(Cl)cc3)o2)C2CC2)c2ccccc2c1=O. The number of fused-ring (bicyclic) bond motifs is 1. The summed E-state index contributed by atoms with van der Waals surface area (Å²) >= 11 is 5.94. The van der Waals surface area contributed by atoms with Crippen LogP contribution in [-0.4, -0.2) is 36.8 Å². The highest BCUT2D eigenvalue weighted by Gasteiger charge is 2.36. The fourth-order valence-corrected chi connectivity index (χ4v) is 3.79. The van der Waals surface area contributed by atoms with Crippen LogP contribution in [0.15, 0.2) is 57.7 Å². The quantitative estimate of drug-likeness (QED) is 0.442. The number of benzene rings is 2. The van der Waals surface area contributed by atoms with Crippen LogP contribution >= 0.6 is 11.6 Å². The summed E-state index contributed by atoms with van der Waals surface area (Å²) in [7, 11) is 0. The second-order valence-electron chi connectivity index (χ2n) is 7.69. The number of amides is 1. The summed E-state index contributed by atoms with van der Waals surface area (Å²) in [6, 6.07) is 14.2. The van der Waals surface area contributed by atoms with Gasteiger partial charge in [-0.3, -0.25) is 9.59 Å². The lowest BCUT2D eigenvalue weighted by Crippen LogP contribution is -2.35. The molecule has 1 saturated carbocycles. The van der Waals surface area contributed by atoms with Crippen molar-refractivity contribution in [2.75, 3.05) is 0 Å². The van der Waals surface area contributed by atoms with E-state index in [-0.39, 0.29) is 29.7 Å². The molecule has 162 valence electrons. The fraction of sp³-hybridized carbons (Fsp3) is 0.261. The van der Waals surface area contributed by atoms with Gasteiger partial charge in [-0.1, -0.05) is 29.8 Å². The van der Waals surface area contributed by atoms with Crippen molar-refractivity contribution >= 4 is 28.3 Å². The van der Waals surface area contributed by atoms with Gasteiger partial charge in [-0.25, -0.2) is 4.68 Å². The van der Waals surface area contributed by atoms with Crippen LogP contribution in [0, 0.1) is 0 Å². The zero-order chi connectivity index (χ0) is 22.2. The lowest BCUT2D eigenvalue weighted by Gasteiger charge is -2.21. The van der Waals surface area contributed by atoms with Gasteiger partial charge >= 0.3 is 0 Å². The highest BCUT2D eigenvalue weighted by Crippen LogP contribution is 2.31. The first-order valence-electron chi connectivity index (χ1n) is 10.4. The molecule has 1 aliphatic rings. The van der Waals surface area contributed by atoms with Crippen molar-refractivity contribution in [2.45, 2.75) is 38.9 Å². The van der Waals surface area contributed by atoms with Crippen molar-refractivity contribution in [1.29, 1.82) is 0 Å². The molecule has 0 atom stereocenters. The molecule has 2 heterocycles. The number of halogens is 1. The summed E-state index contributed by atoms with van der Waals surface area (Å²) in [5.74, 6) is 0.448. The van der Waals surface area contributed by atoms with Crippen molar-refractivity contribution < 1.29 is 9.21 Å². The van der Waals surface area contributed by atoms with Crippen LogP contribution < -0.4 is 5.56 Å². The molecule has 0 saturated heterocycles. The number of carbonyl (C=O) groups is 1. The minimum atomic E-state index is -0.253. The average molecular weight is 450 g/mol. The second kappa shape index (κ2) is 8.20. The average Bonchev–Trinajstić information content (AvgIpc) is 3.55. The smallest absolute Gasteiger partial charge is 0.275 e. The Hall–Kier alpha value is -3.52. The van der Waals surface area contributed by atoms with Crippen LogP contribution in [-0.2, 0) is 13.1 Å². The van der Waals surface area contributed by atoms with Crippen LogP contribution in [0.1, 0.15) is 36.1 Å². The Morgan fingerprint density at radius 1 is 1.12 bits per heavy atom. The third kappa shape index (κ3) is 3.78. The molecule has 9 heteroatoms. The van der Waals surface area contributed by atoms with Gasteiger partial charge in [0.25, 0.3) is 11.5 Å². The van der Waals surface area contributed by atoms with Crippen molar-refractivity contribution in [2.24, 2.45) is 0 Å². The van der Waals surface area contributed by atoms with E-state index < -0.39 is 0 Å². The minimum Gasteiger partial charge on any atom is -0.419 e. The largest absolute Gasteiger partial charge is 0.419 e. The van der Waals surface area contributed by atoms with Gasteiger partial charge in [-0.15, -0.1) is 10.2 Å². The van der Waals surface area contributed by atoms with Crippen molar-refractivity contribution in [3.63, 3.8) is 0 Å². The summed E-state index contributed by atoms with van der Waals surface area (Å²) in [5.41, 5.74) is 0.800. The Balaban J connectivity index is 1.48. The highest BCUT2D eigenvalue weighted by molar-refractivity contribution is 6.30. The summed E-state index contributed by atoms with van der Waals surface area (Å²) in [5, 5.41) is 14.3. The molecule has 32 heavy (non-hydrogen) atoms. The van der Waals surface area contributed by atoms with Crippen LogP contribution in [0.2, 0.25) is 5.02 Å². The summed E-state index contributed by atoms with van der Waals surface area (Å²) in [6.07, 6.45) is 1.80. The first kappa shape index (κ1) is 20.4. The van der Waals surface area contributed by atoms with Crippen LogP contribution in [0.5, 0.6) is 0 Å². The molecule has 0 radical (unpaired) electrons. The molecule has 2 aromatic heterocycles. The van der Waals surface area contributed by atoms with E-state index in [0.717, 1.165) is 18.4 Å². The Morgan fingerprint density at radius 3 is 2.53 bits per heavy atom. The Bertz CT molecular complexity index is 1360. The molecule has 0 aliphatic heterocycles. The van der Waals surface area contributed by atoms with Gasteiger partial charge in [-0.05, 0) is 50.1 Å². The zero-order valence-electron chi connectivity index (χ0n) is 17.4. The van der Waals surface area contributed by atoms with Gasteiger partial charge in [0.05, 0.1) is 11.9 Å². The number of rotatable bonds is 6. The molecular weight excluding hydrogens is 430 g/mol. The molecule has 4 aromatic rings. The van der Waals surface area contributed by atoms with E-state index in [2.05, 4.69) is 15.3 Å². The van der Waals surface area contributed by atoms with E-state index in [9.17, 15) is 9.59 Å². The van der Waals surface area contributed by atoms with Gasteiger partial charge in [0, 0.05) is 28.6 Å². The van der Waals surface area contributed by atoms with E-state index in [0.29, 0.717) is 34.1 Å². The lowest BCUT2D eigenvalue weighted by atomic mass is 10.1. The van der Waals surface area contributed by atoms with Gasteiger partial charge in [0.2, 0.25) is 11.8 Å². The van der Waals surface area contributed by atoms with Crippen molar-refractivity contribution in [3.05, 3.63) is 75.5 Å². The van der Waals surface area contributed by atoms with Crippen LogP contribution in [0.3, 0.4) is 0 Å². The highest BCUT2D eigenvalue weighted by atomic mass is 35.5. The maximum atomic E-state index is 13.6. The second-order valence-corrected chi connectivity index (χ2v) is 8.12. The van der Waals surface area contributed by atoms with Crippen molar-refractivity contribution in [1.82, 2.24) is 24.9 Å². The number of aromatic nitrogens is 4. The zero-order valence-corrected chi connectivity index (χ0v) is 18.1. The summed E-state index contributed by atoms with van der Waals surface area (Å²) < 4.78 is 7.15. The number of carbonyl (C=O) groups excluding carboxylic acids is 1. The molecule has 0 unspecified atom stereocenters. The van der Waals surface area contributed by atoms with E-state index in [1.807, 2.05) is 6.92 Å². The van der Waals surface area contributed by atoms with Gasteiger partial charge in [0.1, 0.15) is 0 Å². The fourth-order valence-electron chi connectivity index (χ4n) is 3.67. The first-order chi connectivity index (χ1) is 15.5. The maximum absolute atomic E-state index is 13.6. The van der Waals surface area contributed by atoms with E-state index in [1.165, 1.54) is 4.68 Å². The number of aryl methyl sites for hydroxylation is 1. The third-order valence-corrected chi connectivity index (χ3v) is 5.73. The first-order valence-corrected chi connectivity index (χ1v) is 10.8. The van der Waals surface area contributed by atoms with Gasteiger partial charge in [0.15, 0.2) is 5.69 Å². The molecule has 0 spiro atoms. The number of hydrogen-bond acceptors (Lipinski definition) is 6. The molecule has 2 aromatic carbocycles. The lowest BCUT2D eigenvalue weighted by molar-refractivity contribution is 0.0708. The minimum absolute atomic E-state index is 0.0796. The maximum Gasteiger partial charge on any atom is 0.275 e. The molecule has 0 N–H and O–H groups in total. The monoisotopic (exact) mass is 449 g/mol. The molecule has 1 aliphatic carbocycles. The Kier molecular flexibility index (Phi) is 5.22. The van der Waals surface area contributed by atoms with Crippen molar-refractivity contribution in [3.8, 4) is 11.5 Å². The van der Waals surface area contributed by atoms with E-state index >= 15 is 0 Å². The molecule has 0 bridgehead atoms. The van der Waals surface area contributed by atoms with E-state index in [1.54, 1.807) is 53.4 Å². The normalized spacial score (nSPS) is 13.4.